The van der Waals surface area contributed by atoms with Crippen LogP contribution in [-0.4, -0.2) is 47.8 Å². The summed E-state index contributed by atoms with van der Waals surface area (Å²) >= 11 is 0. The maximum atomic E-state index is 11.9. The number of alkyl carbamates (subject to hydrolysis) is 1. The van der Waals surface area contributed by atoms with Crippen LogP contribution in [0.3, 0.4) is 0 Å². The van der Waals surface area contributed by atoms with E-state index in [4.69, 9.17) is 11.2 Å². The van der Waals surface area contributed by atoms with E-state index in [9.17, 15) is 9.59 Å². The van der Waals surface area contributed by atoms with Crippen molar-refractivity contribution in [3.63, 3.8) is 0 Å². The Morgan fingerprint density at radius 1 is 1.33 bits per heavy atom. The molecule has 1 saturated heterocycles. The van der Waals surface area contributed by atoms with E-state index in [1.165, 1.54) is 0 Å². The summed E-state index contributed by atoms with van der Waals surface area (Å²) in [6, 6.07) is -0.403. The average Bonchev–Trinajstić information content (AvgIpc) is 2.36. The summed E-state index contributed by atoms with van der Waals surface area (Å²) in [5, 5.41) is 5.56. The number of carbonyl (C=O) groups excluding carboxylic acids is 2. The number of nitrogens with one attached hydrogen (secondary N) is 2. The maximum absolute atomic E-state index is 11.9. The first-order valence-electron chi connectivity index (χ1n) is 7.22. The van der Waals surface area contributed by atoms with Crippen LogP contribution >= 0.6 is 0 Å². The molecule has 1 fully saturated rings. The molecule has 0 saturated carbocycles. The number of likely N-dealkylation sites (tertiary alicyclic amines) is 1. The van der Waals surface area contributed by atoms with Crippen LogP contribution in [0.2, 0.25) is 0 Å². The number of terminal acetylenes is 1. The number of piperidine rings is 1. The Morgan fingerprint density at radius 3 is 2.38 bits per heavy atom. The molecule has 1 unspecified atom stereocenters. The van der Waals surface area contributed by atoms with Gasteiger partial charge in [0.1, 0.15) is 5.60 Å². The lowest BCUT2D eigenvalue weighted by molar-refractivity contribution is 0.0485. The quantitative estimate of drug-likeness (QED) is 0.762. The molecule has 1 aliphatic heterocycles. The molecule has 0 radical (unpaired) electrons. The van der Waals surface area contributed by atoms with Gasteiger partial charge in [-0.2, -0.15) is 0 Å². The molecule has 0 aromatic carbocycles. The highest BCUT2D eigenvalue weighted by atomic mass is 16.6. The molecular formula is C15H25N3O3. The van der Waals surface area contributed by atoms with Crippen molar-refractivity contribution in [2.24, 2.45) is 0 Å². The van der Waals surface area contributed by atoms with Gasteiger partial charge in [0.25, 0.3) is 0 Å². The number of carbonyl (C=O) groups is 2. The van der Waals surface area contributed by atoms with Crippen LogP contribution in [-0.2, 0) is 4.74 Å². The Morgan fingerprint density at radius 2 is 1.90 bits per heavy atom. The summed E-state index contributed by atoms with van der Waals surface area (Å²) in [5.74, 6) is 2.46. The van der Waals surface area contributed by atoms with E-state index in [0.717, 1.165) is 0 Å². The molecule has 118 valence electrons. The Labute approximate surface area is 126 Å². The zero-order valence-electron chi connectivity index (χ0n) is 13.2. The fraction of sp³-hybridized carbons (Fsp3) is 0.733. The van der Waals surface area contributed by atoms with E-state index in [1.807, 2.05) is 20.8 Å². The minimum Gasteiger partial charge on any atom is -0.444 e. The van der Waals surface area contributed by atoms with Gasteiger partial charge >= 0.3 is 12.1 Å². The topological polar surface area (TPSA) is 70.7 Å². The summed E-state index contributed by atoms with van der Waals surface area (Å²) in [5.41, 5.74) is -0.504. The van der Waals surface area contributed by atoms with Gasteiger partial charge in [-0.1, -0.05) is 5.92 Å². The second-order valence-corrected chi connectivity index (χ2v) is 6.25. The van der Waals surface area contributed by atoms with Crippen molar-refractivity contribution in [3.05, 3.63) is 0 Å². The first-order chi connectivity index (χ1) is 9.71. The molecule has 1 heterocycles. The van der Waals surface area contributed by atoms with Crippen LogP contribution in [0.5, 0.6) is 0 Å². The summed E-state index contributed by atoms with van der Waals surface area (Å²) in [4.78, 5) is 25.3. The van der Waals surface area contributed by atoms with Crippen LogP contribution in [0, 0.1) is 12.3 Å². The van der Waals surface area contributed by atoms with E-state index < -0.39 is 11.7 Å². The van der Waals surface area contributed by atoms with Gasteiger partial charge in [-0.05, 0) is 40.5 Å². The highest BCUT2D eigenvalue weighted by Gasteiger charge is 2.25. The molecule has 6 heteroatoms. The lowest BCUT2D eigenvalue weighted by atomic mass is 10.1. The number of hydrogen-bond acceptors (Lipinski definition) is 3. The smallest absolute Gasteiger partial charge is 0.407 e. The number of nitrogens with zero attached hydrogens (tertiary/aromatic N) is 1. The van der Waals surface area contributed by atoms with Crippen molar-refractivity contribution in [1.29, 1.82) is 0 Å². The Balaban J connectivity index is 2.34. The number of hydrogen-bond donors (Lipinski definition) is 2. The van der Waals surface area contributed by atoms with Crippen molar-refractivity contribution in [2.45, 2.75) is 58.2 Å². The van der Waals surface area contributed by atoms with Gasteiger partial charge in [-0.3, -0.25) is 0 Å². The third-order valence-electron chi connectivity index (χ3n) is 3.09. The van der Waals surface area contributed by atoms with Gasteiger partial charge in [-0.15, -0.1) is 6.42 Å². The summed E-state index contributed by atoms with van der Waals surface area (Å²) < 4.78 is 5.22. The summed E-state index contributed by atoms with van der Waals surface area (Å²) in [6.07, 6.45) is 6.23. The summed E-state index contributed by atoms with van der Waals surface area (Å²) in [7, 11) is 0. The van der Waals surface area contributed by atoms with Gasteiger partial charge in [-0.25, -0.2) is 9.59 Å². The highest BCUT2D eigenvalue weighted by molar-refractivity contribution is 5.75. The van der Waals surface area contributed by atoms with Crippen LogP contribution in [0.15, 0.2) is 0 Å². The molecule has 21 heavy (non-hydrogen) atoms. The molecule has 0 aromatic heterocycles. The van der Waals surface area contributed by atoms with Crippen molar-refractivity contribution in [3.8, 4) is 12.3 Å². The largest absolute Gasteiger partial charge is 0.444 e. The third kappa shape index (κ3) is 6.39. The van der Waals surface area contributed by atoms with Crippen LogP contribution in [0.4, 0.5) is 9.59 Å². The third-order valence-corrected chi connectivity index (χ3v) is 3.09. The summed E-state index contributed by atoms with van der Waals surface area (Å²) in [6.45, 7) is 8.41. The van der Waals surface area contributed by atoms with Gasteiger partial charge in [0.2, 0.25) is 0 Å². The minimum atomic E-state index is -0.504. The van der Waals surface area contributed by atoms with Crippen LogP contribution in [0.25, 0.3) is 0 Å². The fourth-order valence-corrected chi connectivity index (χ4v) is 2.02. The second kappa shape index (κ2) is 7.21. The first kappa shape index (κ1) is 17.2. The van der Waals surface area contributed by atoms with Crippen molar-refractivity contribution >= 4 is 12.1 Å². The lowest BCUT2D eigenvalue weighted by Gasteiger charge is -2.33. The molecule has 0 spiro atoms. The Kier molecular flexibility index (Phi) is 5.89. The number of ether oxygens (including phenoxy) is 1. The van der Waals surface area contributed by atoms with E-state index in [-0.39, 0.29) is 18.1 Å². The van der Waals surface area contributed by atoms with Crippen LogP contribution in [0.1, 0.15) is 40.5 Å². The minimum absolute atomic E-state index is 0.0361. The van der Waals surface area contributed by atoms with Crippen molar-refractivity contribution in [2.75, 3.05) is 13.1 Å². The Bertz CT molecular complexity index is 415. The molecule has 2 N–H and O–H groups in total. The number of urea groups is 1. The van der Waals surface area contributed by atoms with Gasteiger partial charge < -0.3 is 20.3 Å². The maximum Gasteiger partial charge on any atom is 0.407 e. The van der Waals surface area contributed by atoms with E-state index in [0.29, 0.717) is 25.9 Å². The highest BCUT2D eigenvalue weighted by Crippen LogP contribution is 2.12. The fourth-order valence-electron chi connectivity index (χ4n) is 2.02. The SMILES string of the molecule is C#CC(C)NC(=O)N1CCC(NC(=O)OC(C)(C)C)CC1. The molecule has 1 aliphatic rings. The molecule has 0 bridgehead atoms. The molecule has 1 atom stereocenters. The normalized spacial score (nSPS) is 17.6. The molecule has 1 rings (SSSR count). The van der Waals surface area contributed by atoms with Gasteiger partial charge in [0.05, 0.1) is 6.04 Å². The molecule has 6 nitrogen and oxygen atoms in total. The molecular weight excluding hydrogens is 270 g/mol. The number of amides is 3. The van der Waals surface area contributed by atoms with Crippen LogP contribution < -0.4 is 10.6 Å². The molecule has 0 aliphatic carbocycles. The molecule has 0 aromatic rings. The van der Waals surface area contributed by atoms with Crippen molar-refractivity contribution in [1.82, 2.24) is 15.5 Å². The van der Waals surface area contributed by atoms with Gasteiger partial charge in [0, 0.05) is 19.1 Å². The first-order valence-corrected chi connectivity index (χ1v) is 7.22. The standard InChI is InChI=1S/C15H25N3O3/c1-6-11(2)16-13(19)18-9-7-12(8-10-18)17-14(20)21-15(3,4)5/h1,11-12H,7-10H2,2-5H3,(H,16,19)(H,17,20). The van der Waals surface area contributed by atoms with E-state index in [1.54, 1.807) is 11.8 Å². The Hall–Kier alpha value is -1.90. The van der Waals surface area contributed by atoms with Crippen molar-refractivity contribution < 1.29 is 14.3 Å². The molecule has 3 amide bonds. The predicted molar refractivity (Wildman–Crippen MR) is 80.8 cm³/mol. The predicted octanol–water partition coefficient (Wildman–Crippen LogP) is 1.71. The monoisotopic (exact) mass is 295 g/mol. The second-order valence-electron chi connectivity index (χ2n) is 6.25. The zero-order chi connectivity index (χ0) is 16.0. The van der Waals surface area contributed by atoms with E-state index in [2.05, 4.69) is 16.6 Å². The average molecular weight is 295 g/mol. The zero-order valence-corrected chi connectivity index (χ0v) is 13.2. The lowest BCUT2D eigenvalue weighted by Crippen LogP contribution is -2.51. The van der Waals surface area contributed by atoms with Gasteiger partial charge in [0.15, 0.2) is 0 Å². The van der Waals surface area contributed by atoms with E-state index >= 15 is 0 Å². The number of rotatable bonds is 2.